The smallest absolute Gasteiger partial charge is 0.287 e. The third-order valence-corrected chi connectivity index (χ3v) is 2.60. The number of hydrogen-bond donors (Lipinski definition) is 2. The summed E-state index contributed by atoms with van der Waals surface area (Å²) >= 11 is 0. The van der Waals surface area contributed by atoms with E-state index in [-0.39, 0.29) is 18.3 Å². The van der Waals surface area contributed by atoms with E-state index in [1.807, 2.05) is 6.92 Å². The van der Waals surface area contributed by atoms with Crippen LogP contribution in [0.4, 0.5) is 0 Å². The van der Waals surface area contributed by atoms with Crippen LogP contribution in [0, 0.1) is 6.92 Å². The molecule has 0 unspecified atom stereocenters. The molecule has 1 aromatic heterocycles. The highest BCUT2D eigenvalue weighted by atomic mass is 35.5. The Bertz CT molecular complexity index is 412. The lowest BCUT2D eigenvalue weighted by molar-refractivity contribution is 0.0927. The van der Waals surface area contributed by atoms with E-state index in [4.69, 9.17) is 4.42 Å². The summed E-state index contributed by atoms with van der Waals surface area (Å²) in [6.45, 7) is 4.32. The summed E-state index contributed by atoms with van der Waals surface area (Å²) < 4.78 is 5.24. The molecule has 17 heavy (non-hydrogen) atoms. The molecule has 0 saturated carbocycles. The van der Waals surface area contributed by atoms with Gasteiger partial charge in [-0.2, -0.15) is 0 Å². The summed E-state index contributed by atoms with van der Waals surface area (Å²) in [7, 11) is 0. The molecular formula is C12H17ClN2O2. The number of nitrogens with one attached hydrogen (secondary N) is 2. The van der Waals surface area contributed by atoms with Crippen LogP contribution in [0.15, 0.2) is 28.2 Å². The molecule has 2 rings (SSSR count). The van der Waals surface area contributed by atoms with Gasteiger partial charge in [0.15, 0.2) is 5.76 Å². The maximum absolute atomic E-state index is 11.7. The molecule has 0 atom stereocenters. The van der Waals surface area contributed by atoms with Crippen molar-refractivity contribution in [3.8, 4) is 0 Å². The second kappa shape index (κ2) is 6.47. The van der Waals surface area contributed by atoms with Gasteiger partial charge in [-0.25, -0.2) is 0 Å². The molecule has 0 saturated heterocycles. The van der Waals surface area contributed by atoms with Gasteiger partial charge in [0.25, 0.3) is 5.91 Å². The first-order valence-corrected chi connectivity index (χ1v) is 5.49. The lowest BCUT2D eigenvalue weighted by Crippen LogP contribution is -2.29. The van der Waals surface area contributed by atoms with Crippen molar-refractivity contribution in [3.05, 3.63) is 35.3 Å². The third-order valence-electron chi connectivity index (χ3n) is 2.60. The normalized spacial score (nSPS) is 14.8. The van der Waals surface area contributed by atoms with Gasteiger partial charge >= 0.3 is 0 Å². The predicted octanol–water partition coefficient (Wildman–Crippen LogP) is 1.66. The SMILES string of the molecule is Cc1ccc(C(=O)NCC2=CCNCC2)o1.Cl. The predicted molar refractivity (Wildman–Crippen MR) is 68.6 cm³/mol. The highest BCUT2D eigenvalue weighted by molar-refractivity contribution is 5.91. The van der Waals surface area contributed by atoms with Gasteiger partial charge in [0.1, 0.15) is 5.76 Å². The second-order valence-electron chi connectivity index (χ2n) is 3.91. The average Bonchev–Trinajstić information content (AvgIpc) is 2.74. The zero-order chi connectivity index (χ0) is 11.4. The fraction of sp³-hybridized carbons (Fsp3) is 0.417. The van der Waals surface area contributed by atoms with Crippen LogP contribution < -0.4 is 10.6 Å². The lowest BCUT2D eigenvalue weighted by Gasteiger charge is -2.13. The van der Waals surface area contributed by atoms with Gasteiger partial charge in [0.2, 0.25) is 0 Å². The molecule has 0 bridgehead atoms. The molecule has 0 spiro atoms. The minimum atomic E-state index is -0.146. The van der Waals surface area contributed by atoms with E-state index in [0.29, 0.717) is 12.3 Å². The Morgan fingerprint density at radius 3 is 2.94 bits per heavy atom. The molecule has 94 valence electrons. The molecule has 1 aliphatic heterocycles. The Morgan fingerprint density at radius 2 is 2.35 bits per heavy atom. The monoisotopic (exact) mass is 256 g/mol. The molecule has 0 aliphatic carbocycles. The van der Waals surface area contributed by atoms with Crippen molar-refractivity contribution >= 4 is 18.3 Å². The first-order valence-electron chi connectivity index (χ1n) is 5.49. The van der Waals surface area contributed by atoms with Gasteiger partial charge in [-0.3, -0.25) is 4.79 Å². The lowest BCUT2D eigenvalue weighted by atomic mass is 10.1. The number of carbonyl (C=O) groups excluding carboxylic acids is 1. The highest BCUT2D eigenvalue weighted by Crippen LogP contribution is 2.07. The number of amides is 1. The molecule has 1 aromatic rings. The van der Waals surface area contributed by atoms with Gasteiger partial charge in [-0.1, -0.05) is 11.6 Å². The first kappa shape index (κ1) is 13.8. The fourth-order valence-electron chi connectivity index (χ4n) is 1.67. The molecule has 1 amide bonds. The van der Waals surface area contributed by atoms with Crippen molar-refractivity contribution in [2.75, 3.05) is 19.6 Å². The largest absolute Gasteiger partial charge is 0.456 e. The molecule has 1 aliphatic rings. The van der Waals surface area contributed by atoms with E-state index in [0.717, 1.165) is 25.3 Å². The maximum atomic E-state index is 11.7. The minimum absolute atomic E-state index is 0. The van der Waals surface area contributed by atoms with Crippen LogP contribution in [-0.2, 0) is 0 Å². The summed E-state index contributed by atoms with van der Waals surface area (Å²) in [5.41, 5.74) is 1.27. The molecule has 0 fully saturated rings. The first-order chi connectivity index (χ1) is 7.75. The summed E-state index contributed by atoms with van der Waals surface area (Å²) in [4.78, 5) is 11.7. The fourth-order valence-corrected chi connectivity index (χ4v) is 1.67. The Labute approximate surface area is 107 Å². The molecule has 0 aromatic carbocycles. The van der Waals surface area contributed by atoms with Crippen molar-refractivity contribution in [2.45, 2.75) is 13.3 Å². The van der Waals surface area contributed by atoms with E-state index < -0.39 is 0 Å². The Hall–Kier alpha value is -1.26. The number of carbonyl (C=O) groups is 1. The summed E-state index contributed by atoms with van der Waals surface area (Å²) in [5, 5.41) is 6.08. The molecule has 0 radical (unpaired) electrons. The molecule has 2 N–H and O–H groups in total. The summed E-state index contributed by atoms with van der Waals surface area (Å²) in [6.07, 6.45) is 3.12. The topological polar surface area (TPSA) is 54.3 Å². The van der Waals surface area contributed by atoms with Crippen LogP contribution in [0.3, 0.4) is 0 Å². The Kier molecular flexibility index (Phi) is 5.25. The van der Waals surface area contributed by atoms with Gasteiger partial charge in [-0.15, -0.1) is 12.4 Å². The summed E-state index contributed by atoms with van der Waals surface area (Å²) in [6, 6.07) is 3.49. The number of rotatable bonds is 3. The quantitative estimate of drug-likeness (QED) is 0.809. The van der Waals surface area contributed by atoms with Crippen LogP contribution in [0.1, 0.15) is 22.7 Å². The number of furan rings is 1. The zero-order valence-corrected chi connectivity index (χ0v) is 10.6. The van der Waals surface area contributed by atoms with E-state index in [2.05, 4.69) is 16.7 Å². The van der Waals surface area contributed by atoms with Gasteiger partial charge < -0.3 is 15.1 Å². The molecular weight excluding hydrogens is 240 g/mol. The third kappa shape index (κ3) is 3.91. The highest BCUT2D eigenvalue weighted by Gasteiger charge is 2.10. The van der Waals surface area contributed by atoms with E-state index >= 15 is 0 Å². The van der Waals surface area contributed by atoms with Crippen LogP contribution >= 0.6 is 12.4 Å². The Morgan fingerprint density at radius 1 is 1.53 bits per heavy atom. The molecule has 5 heteroatoms. The van der Waals surface area contributed by atoms with E-state index in [1.54, 1.807) is 12.1 Å². The second-order valence-corrected chi connectivity index (χ2v) is 3.91. The molecule has 2 heterocycles. The maximum Gasteiger partial charge on any atom is 0.287 e. The standard InChI is InChI=1S/C12H16N2O2.ClH/c1-9-2-3-11(16-9)12(15)14-8-10-4-6-13-7-5-10;/h2-4,13H,5-8H2,1H3,(H,14,15);1H. The van der Waals surface area contributed by atoms with Gasteiger partial charge in [0.05, 0.1) is 0 Å². The van der Waals surface area contributed by atoms with Gasteiger partial charge in [0, 0.05) is 13.1 Å². The van der Waals surface area contributed by atoms with Crippen molar-refractivity contribution in [1.82, 2.24) is 10.6 Å². The van der Waals surface area contributed by atoms with Crippen LogP contribution in [0.25, 0.3) is 0 Å². The summed E-state index contributed by atoms with van der Waals surface area (Å²) in [5.74, 6) is 0.991. The van der Waals surface area contributed by atoms with Crippen LogP contribution in [0.5, 0.6) is 0 Å². The number of hydrogen-bond acceptors (Lipinski definition) is 3. The van der Waals surface area contributed by atoms with E-state index in [1.165, 1.54) is 5.57 Å². The van der Waals surface area contributed by atoms with Crippen LogP contribution in [-0.4, -0.2) is 25.5 Å². The average molecular weight is 257 g/mol. The van der Waals surface area contributed by atoms with Gasteiger partial charge in [-0.05, 0) is 32.0 Å². The number of halogens is 1. The molecule has 4 nitrogen and oxygen atoms in total. The number of aryl methyl sites for hydroxylation is 1. The van der Waals surface area contributed by atoms with Crippen molar-refractivity contribution < 1.29 is 9.21 Å². The van der Waals surface area contributed by atoms with Crippen molar-refractivity contribution in [1.29, 1.82) is 0 Å². The zero-order valence-electron chi connectivity index (χ0n) is 9.79. The van der Waals surface area contributed by atoms with Crippen LogP contribution in [0.2, 0.25) is 0 Å². The Balaban J connectivity index is 0.00000144. The van der Waals surface area contributed by atoms with Crippen molar-refractivity contribution in [2.24, 2.45) is 0 Å². The minimum Gasteiger partial charge on any atom is -0.456 e. The van der Waals surface area contributed by atoms with E-state index in [9.17, 15) is 4.79 Å². The van der Waals surface area contributed by atoms with Crippen molar-refractivity contribution in [3.63, 3.8) is 0 Å².